The number of fused-ring (bicyclic) bond motifs is 2. The van der Waals surface area contributed by atoms with Gasteiger partial charge in [0, 0.05) is 31.9 Å². The third kappa shape index (κ3) is 2.67. The first-order valence-corrected chi connectivity index (χ1v) is 8.86. The van der Waals surface area contributed by atoms with E-state index in [9.17, 15) is 9.90 Å². The quantitative estimate of drug-likeness (QED) is 0.874. The van der Waals surface area contributed by atoms with Crippen LogP contribution in [-0.2, 0) is 18.3 Å². The van der Waals surface area contributed by atoms with Gasteiger partial charge in [0.05, 0.1) is 15.7 Å². The summed E-state index contributed by atoms with van der Waals surface area (Å²) in [7, 11) is 1.87. The van der Waals surface area contributed by atoms with Crippen LogP contribution >= 0.6 is 23.2 Å². The fourth-order valence-electron chi connectivity index (χ4n) is 3.73. The van der Waals surface area contributed by atoms with Crippen LogP contribution < -0.4 is 0 Å². The van der Waals surface area contributed by atoms with Gasteiger partial charge in [-0.05, 0) is 41.7 Å². The van der Waals surface area contributed by atoms with Crippen molar-refractivity contribution in [2.75, 3.05) is 19.7 Å². The number of aliphatic hydroxyl groups excluding tert-OH is 1. The zero-order valence-electron chi connectivity index (χ0n) is 13.7. The van der Waals surface area contributed by atoms with Crippen LogP contribution in [0.5, 0.6) is 0 Å². The molecule has 0 unspecified atom stereocenters. The summed E-state index contributed by atoms with van der Waals surface area (Å²) in [6.07, 6.45) is 3.42. The van der Waals surface area contributed by atoms with Gasteiger partial charge in [0.2, 0.25) is 5.91 Å². The van der Waals surface area contributed by atoms with Crippen LogP contribution in [0.1, 0.15) is 17.5 Å². The first-order valence-electron chi connectivity index (χ1n) is 8.10. The molecule has 2 aromatic rings. The minimum Gasteiger partial charge on any atom is -0.387 e. The van der Waals surface area contributed by atoms with Gasteiger partial charge in [-0.2, -0.15) is 5.10 Å². The van der Waals surface area contributed by atoms with Crippen molar-refractivity contribution in [2.24, 2.45) is 7.05 Å². The van der Waals surface area contributed by atoms with Crippen molar-refractivity contribution in [2.45, 2.75) is 12.8 Å². The molecule has 2 aliphatic rings. The van der Waals surface area contributed by atoms with E-state index in [0.717, 1.165) is 40.8 Å². The lowest BCUT2D eigenvalue weighted by Crippen LogP contribution is -2.37. The fraction of sp³-hybridized carbons (Fsp3) is 0.333. The van der Waals surface area contributed by atoms with Gasteiger partial charge in [0.15, 0.2) is 0 Å². The lowest BCUT2D eigenvalue weighted by Gasteiger charge is -2.28. The Morgan fingerprint density at radius 3 is 2.88 bits per heavy atom. The molecule has 1 aliphatic carbocycles. The van der Waals surface area contributed by atoms with Crippen LogP contribution in [0.3, 0.4) is 0 Å². The molecule has 2 heterocycles. The Balaban J connectivity index is 1.86. The first kappa shape index (κ1) is 16.6. The van der Waals surface area contributed by atoms with E-state index in [1.54, 1.807) is 9.58 Å². The molecule has 1 aromatic heterocycles. The maximum Gasteiger partial charge on any atom is 0.248 e. The Morgan fingerprint density at radius 1 is 1.40 bits per heavy atom. The molecule has 0 saturated heterocycles. The molecule has 0 saturated carbocycles. The highest BCUT2D eigenvalue weighted by molar-refractivity contribution is 6.43. The number of hydrogen-bond donors (Lipinski definition) is 1. The predicted octanol–water partition coefficient (Wildman–Crippen LogP) is 2.93. The van der Waals surface area contributed by atoms with Gasteiger partial charge >= 0.3 is 0 Å². The number of nitrogens with zero attached hydrogens (tertiary/aromatic N) is 3. The molecule has 0 spiro atoms. The Bertz CT molecular complexity index is 917. The number of aryl methyl sites for hydroxylation is 1. The molecule has 0 radical (unpaired) electrons. The van der Waals surface area contributed by atoms with Crippen LogP contribution in [-0.4, -0.2) is 45.4 Å². The number of halogens is 2. The van der Waals surface area contributed by atoms with Gasteiger partial charge in [0.1, 0.15) is 6.61 Å². The van der Waals surface area contributed by atoms with E-state index in [2.05, 4.69) is 5.10 Å². The molecule has 1 amide bonds. The van der Waals surface area contributed by atoms with E-state index in [1.807, 2.05) is 25.4 Å². The first-order chi connectivity index (χ1) is 12.0. The summed E-state index contributed by atoms with van der Waals surface area (Å²) < 4.78 is 1.75. The van der Waals surface area contributed by atoms with Crippen molar-refractivity contribution in [3.63, 3.8) is 0 Å². The third-order valence-corrected chi connectivity index (χ3v) is 5.77. The van der Waals surface area contributed by atoms with Crippen molar-refractivity contribution in [3.8, 4) is 11.3 Å². The summed E-state index contributed by atoms with van der Waals surface area (Å²) in [6.45, 7) is 0.639. The zero-order chi connectivity index (χ0) is 17.7. The van der Waals surface area contributed by atoms with Crippen molar-refractivity contribution in [1.82, 2.24) is 14.7 Å². The number of benzene rings is 1. The number of aliphatic hydroxyl groups is 1. The standard InChI is InChI=1S/C18H17Cl2N3O2/c1-22-4-3-15(21-22)11-7-14(19)18(20)12-6-10-2-5-23(16(25)9-24)8-13(10)17(11)12/h3-4,7,24H,2,5-6,8-9H2,1H3. The predicted molar refractivity (Wildman–Crippen MR) is 97.6 cm³/mol. The maximum atomic E-state index is 11.9. The number of carbonyl (C=O) groups is 1. The largest absolute Gasteiger partial charge is 0.387 e. The van der Waals surface area contributed by atoms with Crippen molar-refractivity contribution in [1.29, 1.82) is 0 Å². The minimum atomic E-state index is -0.468. The molecule has 0 bridgehead atoms. The second-order valence-corrected chi connectivity index (χ2v) is 7.22. The molecular weight excluding hydrogens is 361 g/mol. The molecule has 1 aliphatic heterocycles. The lowest BCUT2D eigenvalue weighted by atomic mass is 9.94. The average Bonchev–Trinajstić information content (AvgIpc) is 3.20. The zero-order valence-corrected chi connectivity index (χ0v) is 15.2. The summed E-state index contributed by atoms with van der Waals surface area (Å²) in [5, 5.41) is 14.8. The highest BCUT2D eigenvalue weighted by Gasteiger charge is 2.33. The lowest BCUT2D eigenvalue weighted by molar-refractivity contribution is -0.133. The molecule has 0 fully saturated rings. The Morgan fingerprint density at radius 2 is 2.20 bits per heavy atom. The summed E-state index contributed by atoms with van der Waals surface area (Å²) in [4.78, 5) is 13.6. The van der Waals surface area contributed by atoms with Gasteiger partial charge in [-0.15, -0.1) is 0 Å². The molecule has 1 N–H and O–H groups in total. The summed E-state index contributed by atoms with van der Waals surface area (Å²) in [6, 6.07) is 3.80. The molecule has 4 rings (SSSR count). The van der Waals surface area contributed by atoms with Crippen molar-refractivity contribution >= 4 is 34.7 Å². The van der Waals surface area contributed by atoms with Gasteiger partial charge in [-0.1, -0.05) is 28.8 Å². The molecule has 7 heteroatoms. The summed E-state index contributed by atoms with van der Waals surface area (Å²) >= 11 is 12.9. The van der Waals surface area contributed by atoms with E-state index in [4.69, 9.17) is 23.2 Å². The number of rotatable bonds is 2. The van der Waals surface area contributed by atoms with Gasteiger partial charge in [-0.25, -0.2) is 0 Å². The van der Waals surface area contributed by atoms with E-state index in [0.29, 0.717) is 23.1 Å². The number of hydrogen-bond acceptors (Lipinski definition) is 3. The van der Waals surface area contributed by atoms with Crippen LogP contribution in [0.4, 0.5) is 0 Å². The Hall–Kier alpha value is -1.82. The second-order valence-electron chi connectivity index (χ2n) is 6.43. The van der Waals surface area contributed by atoms with E-state index in [1.165, 1.54) is 5.57 Å². The Labute approximate surface area is 155 Å². The monoisotopic (exact) mass is 377 g/mol. The van der Waals surface area contributed by atoms with Crippen LogP contribution in [0.15, 0.2) is 23.9 Å². The molecular formula is C18H17Cl2N3O2. The topological polar surface area (TPSA) is 58.4 Å². The number of amides is 1. The highest BCUT2D eigenvalue weighted by atomic mass is 35.5. The van der Waals surface area contributed by atoms with Gasteiger partial charge in [-0.3, -0.25) is 9.48 Å². The third-order valence-electron chi connectivity index (χ3n) is 4.95. The van der Waals surface area contributed by atoms with E-state index >= 15 is 0 Å². The molecule has 5 nitrogen and oxygen atoms in total. The van der Waals surface area contributed by atoms with Crippen molar-refractivity contribution in [3.05, 3.63) is 45.1 Å². The van der Waals surface area contributed by atoms with Gasteiger partial charge in [0.25, 0.3) is 0 Å². The van der Waals surface area contributed by atoms with E-state index in [-0.39, 0.29) is 5.91 Å². The SMILES string of the molecule is Cn1ccc(-c2cc(Cl)c(Cl)c3c2C2=C(CCN(C(=O)CO)C2)C3)n1. The minimum absolute atomic E-state index is 0.251. The molecule has 1 aromatic carbocycles. The van der Waals surface area contributed by atoms with Gasteiger partial charge < -0.3 is 10.0 Å². The van der Waals surface area contributed by atoms with E-state index < -0.39 is 6.61 Å². The summed E-state index contributed by atoms with van der Waals surface area (Å²) in [5.74, 6) is -0.251. The normalized spacial score (nSPS) is 16.2. The molecule has 25 heavy (non-hydrogen) atoms. The fourth-order valence-corrected chi connectivity index (χ4v) is 4.17. The smallest absolute Gasteiger partial charge is 0.248 e. The van der Waals surface area contributed by atoms with Crippen molar-refractivity contribution < 1.29 is 9.90 Å². The average molecular weight is 378 g/mol. The van der Waals surface area contributed by atoms with Crippen LogP contribution in [0, 0.1) is 0 Å². The molecule has 0 atom stereocenters. The maximum absolute atomic E-state index is 11.9. The highest BCUT2D eigenvalue weighted by Crippen LogP contribution is 2.47. The Kier molecular flexibility index (Phi) is 4.10. The second kappa shape index (κ2) is 6.16. The summed E-state index contributed by atoms with van der Waals surface area (Å²) in [5.41, 5.74) is 6.22. The van der Waals surface area contributed by atoms with Crippen LogP contribution in [0.2, 0.25) is 10.0 Å². The molecule has 130 valence electrons. The number of aromatic nitrogens is 2. The van der Waals surface area contributed by atoms with Crippen LogP contribution in [0.25, 0.3) is 16.8 Å². The number of carbonyl (C=O) groups excluding carboxylic acids is 1.